The number of hydrogen-bond acceptors (Lipinski definition) is 7. The summed E-state index contributed by atoms with van der Waals surface area (Å²) in [5.74, 6) is 0.871. The molecular formula is C29H22Cl2N4O3S. The first-order valence-electron chi connectivity index (χ1n) is 12.3. The van der Waals surface area contributed by atoms with Crippen LogP contribution in [0.1, 0.15) is 43.9 Å². The maximum atomic E-state index is 13.1. The number of amides is 1. The average Bonchev–Trinajstić information content (AvgIpc) is 3.54. The molecular weight excluding hydrogens is 555 g/mol. The van der Waals surface area contributed by atoms with Crippen LogP contribution in [0.3, 0.4) is 0 Å². The first-order chi connectivity index (χ1) is 18.8. The van der Waals surface area contributed by atoms with Crippen molar-refractivity contribution in [3.8, 4) is 22.6 Å². The second kappa shape index (κ2) is 10.1. The summed E-state index contributed by atoms with van der Waals surface area (Å²) in [5.41, 5.74) is 5.08. The lowest BCUT2D eigenvalue weighted by molar-refractivity contribution is 0.102. The number of fused-ring (bicyclic) bond motifs is 2. The van der Waals surface area contributed by atoms with Crippen LogP contribution in [0.4, 0.5) is 11.5 Å². The van der Waals surface area contributed by atoms with Gasteiger partial charge in [-0.2, -0.15) is 0 Å². The molecule has 0 saturated heterocycles. The number of aromatic nitrogens is 2. The summed E-state index contributed by atoms with van der Waals surface area (Å²) < 4.78 is 5.99. The normalized spacial score (nSPS) is 14.6. The van der Waals surface area contributed by atoms with Crippen LogP contribution in [-0.4, -0.2) is 28.2 Å². The minimum Gasteiger partial charge on any atom is -0.434 e. The third-order valence-electron chi connectivity index (χ3n) is 6.78. The molecule has 1 aliphatic heterocycles. The molecule has 0 aliphatic carbocycles. The van der Waals surface area contributed by atoms with E-state index in [-0.39, 0.29) is 5.91 Å². The number of halogens is 2. The number of rotatable bonds is 5. The van der Waals surface area contributed by atoms with Gasteiger partial charge in [0.05, 0.1) is 15.7 Å². The van der Waals surface area contributed by atoms with Gasteiger partial charge in [0.25, 0.3) is 5.91 Å². The van der Waals surface area contributed by atoms with Crippen LogP contribution in [0.5, 0.6) is 0 Å². The lowest BCUT2D eigenvalue weighted by atomic mass is 9.96. The average molecular weight is 577 g/mol. The van der Waals surface area contributed by atoms with E-state index in [0.717, 1.165) is 52.1 Å². The molecule has 0 saturated carbocycles. The van der Waals surface area contributed by atoms with Gasteiger partial charge in [-0.3, -0.25) is 9.59 Å². The van der Waals surface area contributed by atoms with Gasteiger partial charge in [0, 0.05) is 27.6 Å². The van der Waals surface area contributed by atoms with Gasteiger partial charge in [-0.05, 0) is 62.1 Å². The van der Waals surface area contributed by atoms with Gasteiger partial charge in [-0.1, -0.05) is 47.5 Å². The van der Waals surface area contributed by atoms with E-state index in [1.807, 2.05) is 37.3 Å². The molecule has 0 spiro atoms. The molecule has 0 radical (unpaired) electrons. The highest BCUT2D eigenvalue weighted by atomic mass is 35.5. The number of aldehydes is 1. The largest absolute Gasteiger partial charge is 0.434 e. The van der Waals surface area contributed by atoms with Gasteiger partial charge in [0.1, 0.15) is 17.6 Å². The molecule has 2 aromatic heterocycles. The van der Waals surface area contributed by atoms with E-state index >= 15 is 0 Å². The molecule has 10 heteroatoms. The van der Waals surface area contributed by atoms with Crippen LogP contribution < -0.4 is 10.6 Å². The highest BCUT2D eigenvalue weighted by molar-refractivity contribution is 7.14. The number of carbonyl (C=O) groups is 2. The molecule has 1 aliphatic rings. The summed E-state index contributed by atoms with van der Waals surface area (Å²) in [4.78, 5) is 34.5. The third-order valence-corrected chi connectivity index (χ3v) is 8.59. The molecule has 5 aromatic rings. The highest BCUT2D eigenvalue weighted by Gasteiger charge is 2.23. The predicted octanol–water partition coefficient (Wildman–Crippen LogP) is 8.04. The van der Waals surface area contributed by atoms with E-state index in [1.165, 1.54) is 11.3 Å². The Bertz CT molecular complexity index is 1780. The Hall–Kier alpha value is -3.72. The molecule has 196 valence electrons. The fourth-order valence-corrected chi connectivity index (χ4v) is 6.22. The minimum atomic E-state index is -0.300. The van der Waals surface area contributed by atoms with Crippen molar-refractivity contribution < 1.29 is 14.0 Å². The van der Waals surface area contributed by atoms with Crippen molar-refractivity contribution in [2.45, 2.75) is 32.7 Å². The smallest absolute Gasteiger partial charge is 0.284 e. The summed E-state index contributed by atoms with van der Waals surface area (Å²) in [6.45, 7) is 4.06. The number of hydrogen-bond donors (Lipinski definition) is 2. The van der Waals surface area contributed by atoms with Crippen molar-refractivity contribution in [2.24, 2.45) is 0 Å². The Kier molecular flexibility index (Phi) is 6.62. The van der Waals surface area contributed by atoms with Crippen LogP contribution in [0.15, 0.2) is 52.9 Å². The van der Waals surface area contributed by atoms with Gasteiger partial charge in [-0.15, -0.1) is 11.3 Å². The monoisotopic (exact) mass is 576 g/mol. The van der Waals surface area contributed by atoms with E-state index in [0.29, 0.717) is 49.3 Å². The maximum Gasteiger partial charge on any atom is 0.284 e. The Morgan fingerprint density at radius 2 is 1.90 bits per heavy atom. The molecule has 39 heavy (non-hydrogen) atoms. The number of benzene rings is 3. The Morgan fingerprint density at radius 1 is 1.13 bits per heavy atom. The first-order valence-corrected chi connectivity index (χ1v) is 13.9. The highest BCUT2D eigenvalue weighted by Crippen LogP contribution is 2.40. The van der Waals surface area contributed by atoms with Gasteiger partial charge in [0.2, 0.25) is 5.89 Å². The van der Waals surface area contributed by atoms with Crippen LogP contribution in [0.25, 0.3) is 33.7 Å². The minimum absolute atomic E-state index is 0.300. The molecule has 2 N–H and O–H groups in total. The van der Waals surface area contributed by atoms with Crippen LogP contribution in [0.2, 0.25) is 10.0 Å². The Morgan fingerprint density at radius 3 is 2.72 bits per heavy atom. The SMILES string of the molecule is Cc1c(-c2nc3cc(C=O)cc(Cl)c3o2)cccc1-c1cccc(NC(=O)c2nc3c(s2)CCC(C)N3)c1Cl. The fourth-order valence-electron chi connectivity index (χ4n) is 4.75. The van der Waals surface area contributed by atoms with Crippen molar-refractivity contribution in [1.29, 1.82) is 0 Å². The quantitative estimate of drug-likeness (QED) is 0.205. The number of anilines is 2. The number of oxazole rings is 1. The number of thiazole rings is 1. The lowest BCUT2D eigenvalue weighted by Crippen LogP contribution is -2.21. The van der Waals surface area contributed by atoms with Gasteiger partial charge >= 0.3 is 0 Å². The number of aryl methyl sites for hydroxylation is 1. The molecule has 0 bridgehead atoms. The number of nitrogens with one attached hydrogen (secondary N) is 2. The fraction of sp³-hybridized carbons (Fsp3) is 0.172. The second-order valence-electron chi connectivity index (χ2n) is 9.46. The zero-order valence-electron chi connectivity index (χ0n) is 21.0. The summed E-state index contributed by atoms with van der Waals surface area (Å²) >= 11 is 14.6. The van der Waals surface area contributed by atoms with Gasteiger partial charge in [0.15, 0.2) is 10.6 Å². The summed E-state index contributed by atoms with van der Waals surface area (Å²) in [5, 5.41) is 7.40. The Labute approximate surface area is 238 Å². The molecule has 3 aromatic carbocycles. The van der Waals surface area contributed by atoms with Gasteiger partial charge < -0.3 is 15.1 Å². The Balaban J connectivity index is 1.33. The molecule has 1 atom stereocenters. The predicted molar refractivity (Wildman–Crippen MR) is 156 cm³/mol. The summed E-state index contributed by atoms with van der Waals surface area (Å²) in [6.07, 6.45) is 2.64. The summed E-state index contributed by atoms with van der Waals surface area (Å²) in [7, 11) is 0. The van der Waals surface area contributed by atoms with Crippen molar-refractivity contribution >= 4 is 69.3 Å². The van der Waals surface area contributed by atoms with Gasteiger partial charge in [-0.25, -0.2) is 9.97 Å². The van der Waals surface area contributed by atoms with E-state index in [9.17, 15) is 9.59 Å². The first kappa shape index (κ1) is 25.6. The third kappa shape index (κ3) is 4.69. The van der Waals surface area contributed by atoms with Crippen LogP contribution in [-0.2, 0) is 6.42 Å². The topological polar surface area (TPSA) is 97.1 Å². The summed E-state index contributed by atoms with van der Waals surface area (Å²) in [6, 6.07) is 14.8. The molecule has 6 rings (SSSR count). The second-order valence-corrected chi connectivity index (χ2v) is 11.3. The zero-order valence-corrected chi connectivity index (χ0v) is 23.3. The maximum absolute atomic E-state index is 13.1. The van der Waals surface area contributed by atoms with Crippen LogP contribution in [0, 0.1) is 6.92 Å². The van der Waals surface area contributed by atoms with Crippen molar-refractivity contribution in [1.82, 2.24) is 9.97 Å². The van der Waals surface area contributed by atoms with Crippen molar-refractivity contribution in [3.05, 3.63) is 79.6 Å². The van der Waals surface area contributed by atoms with Crippen molar-refractivity contribution in [3.63, 3.8) is 0 Å². The molecule has 7 nitrogen and oxygen atoms in total. The standard InChI is InChI=1S/C29H22Cl2N4O3S/c1-14-9-10-23-26(32-14)35-29(39-23)27(37)33-21-8-4-7-19(24(21)31)17-5-3-6-18(15(17)2)28-34-22-12-16(13-36)11-20(30)25(22)38-28/h3-8,11-14,32H,9-10H2,1-2H3,(H,33,37). The molecule has 0 fully saturated rings. The zero-order chi connectivity index (χ0) is 27.3. The molecule has 3 heterocycles. The molecule has 1 amide bonds. The number of carbonyl (C=O) groups excluding carboxylic acids is 2. The van der Waals surface area contributed by atoms with Crippen molar-refractivity contribution in [2.75, 3.05) is 10.6 Å². The van der Waals surface area contributed by atoms with Crippen LogP contribution >= 0.6 is 34.5 Å². The number of nitrogens with zero attached hydrogens (tertiary/aromatic N) is 2. The van der Waals surface area contributed by atoms with E-state index in [1.54, 1.807) is 18.2 Å². The van der Waals surface area contributed by atoms with E-state index in [4.69, 9.17) is 27.6 Å². The van der Waals surface area contributed by atoms with E-state index < -0.39 is 0 Å². The molecule has 1 unspecified atom stereocenters. The van der Waals surface area contributed by atoms with E-state index in [2.05, 4.69) is 27.5 Å². The lowest BCUT2D eigenvalue weighted by Gasteiger charge is -2.18.